The van der Waals surface area contributed by atoms with E-state index >= 15 is 0 Å². The zero-order chi connectivity index (χ0) is 24.5. The SMILES string of the molecule is CN1CCN(c2ccc(CN3C(=O)CC(c4ccccc4)N4OCc5ccccc5N=C34)cc2)CC1. The van der Waals surface area contributed by atoms with Gasteiger partial charge in [0.1, 0.15) is 6.61 Å². The maximum atomic E-state index is 13.6. The van der Waals surface area contributed by atoms with E-state index in [-0.39, 0.29) is 11.9 Å². The van der Waals surface area contributed by atoms with Gasteiger partial charge < -0.3 is 9.80 Å². The van der Waals surface area contributed by atoms with E-state index < -0.39 is 0 Å². The quantitative estimate of drug-likeness (QED) is 0.555. The summed E-state index contributed by atoms with van der Waals surface area (Å²) in [7, 11) is 2.17. The summed E-state index contributed by atoms with van der Waals surface area (Å²) in [5, 5.41) is 1.84. The summed E-state index contributed by atoms with van der Waals surface area (Å²) in [5.41, 5.74) is 5.19. The Morgan fingerprint density at radius 1 is 0.889 bits per heavy atom. The predicted molar refractivity (Wildman–Crippen MR) is 141 cm³/mol. The van der Waals surface area contributed by atoms with Gasteiger partial charge in [-0.1, -0.05) is 60.7 Å². The van der Waals surface area contributed by atoms with Crippen molar-refractivity contribution in [3.05, 3.63) is 95.6 Å². The van der Waals surface area contributed by atoms with Crippen molar-refractivity contribution in [2.24, 2.45) is 4.99 Å². The number of hydroxylamine groups is 2. The average Bonchev–Trinajstić information content (AvgIpc) is 3.11. The van der Waals surface area contributed by atoms with Crippen LogP contribution in [0.2, 0.25) is 0 Å². The molecule has 7 heteroatoms. The molecule has 0 spiro atoms. The molecule has 0 aliphatic carbocycles. The van der Waals surface area contributed by atoms with Crippen molar-refractivity contribution in [1.29, 1.82) is 0 Å². The van der Waals surface area contributed by atoms with Gasteiger partial charge in [-0.15, -0.1) is 0 Å². The molecule has 3 aromatic carbocycles. The molecule has 6 rings (SSSR count). The van der Waals surface area contributed by atoms with Crippen LogP contribution in [0.1, 0.15) is 29.2 Å². The first kappa shape index (κ1) is 22.8. The molecule has 1 unspecified atom stereocenters. The monoisotopic (exact) mass is 481 g/mol. The molecular formula is C29H31N5O2. The number of carbonyl (C=O) groups is 1. The minimum atomic E-state index is -0.220. The number of piperazine rings is 1. The minimum absolute atomic E-state index is 0.0463. The molecule has 2 fully saturated rings. The summed E-state index contributed by atoms with van der Waals surface area (Å²) >= 11 is 0. The number of rotatable bonds is 4. The van der Waals surface area contributed by atoms with Crippen LogP contribution in [-0.4, -0.2) is 60.0 Å². The van der Waals surface area contributed by atoms with E-state index in [0.717, 1.165) is 48.6 Å². The molecule has 3 aromatic rings. The lowest BCUT2D eigenvalue weighted by atomic mass is 10.0. The summed E-state index contributed by atoms with van der Waals surface area (Å²) in [6.45, 7) is 5.07. The number of likely N-dealkylation sites (N-methyl/N-ethyl adjacent to an activating group) is 1. The summed E-state index contributed by atoms with van der Waals surface area (Å²) < 4.78 is 0. The standard InChI is InChI=1S/C29H31N5O2/c1-31-15-17-32(18-16-31)25-13-11-22(12-14-25)20-33-28(35)19-27(23-7-3-2-4-8-23)34-29(33)30-26-10-6-5-9-24(26)21-36-34/h2-14,27H,15-21H2,1H3. The molecule has 2 saturated heterocycles. The van der Waals surface area contributed by atoms with E-state index in [2.05, 4.69) is 41.1 Å². The van der Waals surface area contributed by atoms with Crippen LogP contribution in [0.5, 0.6) is 0 Å². The van der Waals surface area contributed by atoms with Crippen LogP contribution >= 0.6 is 0 Å². The van der Waals surface area contributed by atoms with Crippen LogP contribution in [0.3, 0.4) is 0 Å². The second-order valence-corrected chi connectivity index (χ2v) is 9.71. The van der Waals surface area contributed by atoms with Crippen molar-refractivity contribution >= 4 is 23.2 Å². The second-order valence-electron chi connectivity index (χ2n) is 9.71. The number of hydrogen-bond acceptors (Lipinski definition) is 6. The largest absolute Gasteiger partial charge is 0.369 e. The van der Waals surface area contributed by atoms with Crippen LogP contribution in [0.15, 0.2) is 83.9 Å². The fraction of sp³-hybridized carbons (Fsp3) is 0.310. The van der Waals surface area contributed by atoms with Crippen LogP contribution in [0.25, 0.3) is 0 Å². The van der Waals surface area contributed by atoms with Crippen molar-refractivity contribution < 1.29 is 9.63 Å². The zero-order valence-corrected chi connectivity index (χ0v) is 20.6. The van der Waals surface area contributed by atoms with Gasteiger partial charge in [-0.05, 0) is 36.4 Å². The topological polar surface area (TPSA) is 51.6 Å². The first-order valence-electron chi connectivity index (χ1n) is 12.6. The van der Waals surface area contributed by atoms with E-state index in [4.69, 9.17) is 9.83 Å². The molecule has 3 aliphatic heterocycles. The van der Waals surface area contributed by atoms with Crippen molar-refractivity contribution in [3.8, 4) is 0 Å². The first-order valence-corrected chi connectivity index (χ1v) is 12.6. The Morgan fingerprint density at radius 3 is 2.39 bits per heavy atom. The molecule has 0 aromatic heterocycles. The number of nitrogens with zero attached hydrogens (tertiary/aromatic N) is 5. The van der Waals surface area contributed by atoms with E-state index in [1.807, 2.05) is 59.7 Å². The van der Waals surface area contributed by atoms with Crippen LogP contribution in [-0.2, 0) is 22.8 Å². The molecule has 1 atom stereocenters. The van der Waals surface area contributed by atoms with Crippen LogP contribution in [0.4, 0.5) is 11.4 Å². The molecule has 1 amide bonds. The lowest BCUT2D eigenvalue weighted by molar-refractivity contribution is -0.170. The van der Waals surface area contributed by atoms with Gasteiger partial charge in [0.05, 0.1) is 24.7 Å². The maximum Gasteiger partial charge on any atom is 0.234 e. The molecule has 36 heavy (non-hydrogen) atoms. The summed E-state index contributed by atoms with van der Waals surface area (Å²) in [6, 6.07) is 26.4. The van der Waals surface area contributed by atoms with Gasteiger partial charge in [0.25, 0.3) is 0 Å². The number of para-hydroxylation sites is 1. The predicted octanol–water partition coefficient (Wildman–Crippen LogP) is 4.35. The lowest BCUT2D eigenvalue weighted by Crippen LogP contribution is -2.53. The summed E-state index contributed by atoms with van der Waals surface area (Å²) in [4.78, 5) is 31.4. The van der Waals surface area contributed by atoms with Gasteiger partial charge in [0, 0.05) is 37.4 Å². The molecule has 0 bridgehead atoms. The number of amides is 1. The Morgan fingerprint density at radius 2 is 1.61 bits per heavy atom. The third-order valence-corrected chi connectivity index (χ3v) is 7.29. The molecule has 184 valence electrons. The highest BCUT2D eigenvalue weighted by molar-refractivity contribution is 6.00. The third kappa shape index (κ3) is 4.47. The normalized spacial score (nSPS) is 20.5. The first-order chi connectivity index (χ1) is 17.7. The Labute approximate surface area is 212 Å². The minimum Gasteiger partial charge on any atom is -0.369 e. The molecule has 0 N–H and O–H groups in total. The number of hydrogen-bond donors (Lipinski definition) is 0. The van der Waals surface area contributed by atoms with E-state index in [1.165, 1.54) is 5.69 Å². The van der Waals surface area contributed by atoms with E-state index in [9.17, 15) is 4.79 Å². The van der Waals surface area contributed by atoms with Crippen molar-refractivity contribution in [2.45, 2.75) is 25.6 Å². The third-order valence-electron chi connectivity index (χ3n) is 7.29. The maximum absolute atomic E-state index is 13.6. The molecule has 3 heterocycles. The highest BCUT2D eigenvalue weighted by Crippen LogP contribution is 2.36. The van der Waals surface area contributed by atoms with E-state index in [0.29, 0.717) is 25.5 Å². The number of guanidine groups is 1. The van der Waals surface area contributed by atoms with Crippen molar-refractivity contribution in [3.63, 3.8) is 0 Å². The lowest BCUT2D eigenvalue weighted by Gasteiger charge is -2.41. The van der Waals surface area contributed by atoms with Crippen LogP contribution in [0, 0.1) is 0 Å². The Kier molecular flexibility index (Phi) is 6.17. The van der Waals surface area contributed by atoms with Gasteiger partial charge in [0.15, 0.2) is 0 Å². The highest BCUT2D eigenvalue weighted by Gasteiger charge is 2.40. The Bertz CT molecular complexity index is 1250. The van der Waals surface area contributed by atoms with Gasteiger partial charge in [-0.2, -0.15) is 0 Å². The number of benzene rings is 3. The number of aliphatic imine (C=N–C) groups is 1. The van der Waals surface area contributed by atoms with E-state index in [1.54, 1.807) is 4.90 Å². The number of anilines is 1. The summed E-state index contributed by atoms with van der Waals surface area (Å²) in [5.74, 6) is 0.596. The second kappa shape index (κ2) is 9.76. The molecule has 0 saturated carbocycles. The Balaban J connectivity index is 1.30. The zero-order valence-electron chi connectivity index (χ0n) is 20.6. The number of fused-ring (bicyclic) bond motifs is 2. The van der Waals surface area contributed by atoms with Gasteiger partial charge >= 0.3 is 0 Å². The van der Waals surface area contributed by atoms with Crippen LogP contribution < -0.4 is 4.90 Å². The molecule has 7 nitrogen and oxygen atoms in total. The number of carbonyl (C=O) groups excluding carboxylic acids is 1. The van der Waals surface area contributed by atoms with Crippen molar-refractivity contribution in [2.75, 3.05) is 38.1 Å². The molecular weight excluding hydrogens is 450 g/mol. The van der Waals surface area contributed by atoms with Gasteiger partial charge in [-0.3, -0.25) is 14.5 Å². The Hall–Kier alpha value is -3.68. The van der Waals surface area contributed by atoms with Crippen molar-refractivity contribution in [1.82, 2.24) is 14.9 Å². The summed E-state index contributed by atoms with van der Waals surface area (Å²) in [6.07, 6.45) is 0.332. The highest BCUT2D eigenvalue weighted by atomic mass is 16.7. The molecule has 3 aliphatic rings. The molecule has 0 radical (unpaired) electrons. The fourth-order valence-corrected chi connectivity index (χ4v) is 5.12. The smallest absolute Gasteiger partial charge is 0.234 e. The van der Waals surface area contributed by atoms with Gasteiger partial charge in [0.2, 0.25) is 11.9 Å². The van der Waals surface area contributed by atoms with Gasteiger partial charge in [-0.25, -0.2) is 10.1 Å². The average molecular weight is 482 g/mol. The fourth-order valence-electron chi connectivity index (χ4n) is 5.12.